The van der Waals surface area contributed by atoms with E-state index in [1.54, 1.807) is 6.20 Å². The molecule has 1 aliphatic heterocycles. The van der Waals surface area contributed by atoms with E-state index in [1.807, 2.05) is 0 Å². The number of likely N-dealkylation sites (N-methyl/N-ethyl adjacent to an activating group) is 1. The number of nitrogens with one attached hydrogen (secondary N) is 1. The van der Waals surface area contributed by atoms with E-state index in [0.29, 0.717) is 5.82 Å². The van der Waals surface area contributed by atoms with Crippen molar-refractivity contribution >= 4 is 5.82 Å². The van der Waals surface area contributed by atoms with Crippen LogP contribution in [0.2, 0.25) is 0 Å². The molecule has 0 aromatic carbocycles. The molecule has 2 rings (SSSR count). The van der Waals surface area contributed by atoms with E-state index < -0.39 is 6.43 Å². The zero-order chi connectivity index (χ0) is 13.0. The summed E-state index contributed by atoms with van der Waals surface area (Å²) in [4.78, 5) is 10.7. The zero-order valence-corrected chi connectivity index (χ0v) is 10.4. The van der Waals surface area contributed by atoms with Gasteiger partial charge in [-0.15, -0.1) is 0 Å². The number of likely N-dealkylation sites (tertiary alicyclic amines) is 1. The number of alkyl halides is 2. The number of anilines is 1. The van der Waals surface area contributed by atoms with Gasteiger partial charge in [0.2, 0.25) is 0 Å². The van der Waals surface area contributed by atoms with E-state index in [9.17, 15) is 8.78 Å². The first-order valence-corrected chi connectivity index (χ1v) is 6.18. The molecule has 1 aliphatic rings. The molecule has 0 radical (unpaired) electrons. The van der Waals surface area contributed by atoms with Crippen LogP contribution in [0, 0.1) is 0 Å². The third kappa shape index (κ3) is 3.35. The largest absolute Gasteiger partial charge is 0.363 e. The fourth-order valence-corrected chi connectivity index (χ4v) is 2.35. The van der Waals surface area contributed by atoms with Crippen LogP contribution < -0.4 is 5.32 Å². The molecule has 1 aromatic rings. The highest BCUT2D eigenvalue weighted by molar-refractivity contribution is 5.42. The van der Waals surface area contributed by atoms with Gasteiger partial charge in [0.05, 0.1) is 12.2 Å². The van der Waals surface area contributed by atoms with Crippen molar-refractivity contribution < 1.29 is 8.78 Å². The predicted molar refractivity (Wildman–Crippen MR) is 66.0 cm³/mol. The molecule has 1 aromatic heterocycles. The van der Waals surface area contributed by atoms with Crippen LogP contribution >= 0.6 is 0 Å². The highest BCUT2D eigenvalue weighted by Crippen LogP contribution is 2.28. The molecule has 0 unspecified atom stereocenters. The summed E-state index contributed by atoms with van der Waals surface area (Å²) < 4.78 is 24.5. The fourth-order valence-electron chi connectivity index (χ4n) is 2.35. The molecular weight excluding hydrogens is 238 g/mol. The first-order valence-electron chi connectivity index (χ1n) is 6.18. The minimum Gasteiger partial charge on any atom is -0.363 e. The second-order valence-corrected chi connectivity index (χ2v) is 4.66. The Kier molecular flexibility index (Phi) is 4.41. The van der Waals surface area contributed by atoms with E-state index in [-0.39, 0.29) is 12.5 Å². The lowest BCUT2D eigenvalue weighted by Gasteiger charge is -2.29. The predicted octanol–water partition coefficient (Wildman–Crippen LogP) is 1.96. The Morgan fingerprint density at radius 1 is 1.44 bits per heavy atom. The van der Waals surface area contributed by atoms with Crippen LogP contribution in [0.15, 0.2) is 12.4 Å². The van der Waals surface area contributed by atoms with Gasteiger partial charge in [-0.05, 0) is 26.4 Å². The molecular formula is C12H18F2N4. The van der Waals surface area contributed by atoms with Gasteiger partial charge >= 0.3 is 0 Å². The number of nitrogens with zero attached hydrogens (tertiary/aromatic N) is 3. The maximum atomic E-state index is 12.2. The maximum Gasteiger partial charge on any atom is 0.255 e. The lowest BCUT2D eigenvalue weighted by atomic mass is 9.94. The molecule has 1 fully saturated rings. The smallest absolute Gasteiger partial charge is 0.255 e. The number of halogens is 2. The first-order chi connectivity index (χ1) is 8.66. The standard InChI is InChI=1S/C12H18F2N4/c1-18-6-2-3-9(8-18)11-12(16-5-4-15-11)17-7-10(13)14/h4-5,9-10H,2-3,6-8H2,1H3,(H,16,17)/t9-/m0/s1. The van der Waals surface area contributed by atoms with Gasteiger partial charge in [-0.1, -0.05) is 0 Å². The lowest BCUT2D eigenvalue weighted by molar-refractivity contribution is 0.163. The van der Waals surface area contributed by atoms with Crippen molar-refractivity contribution in [3.8, 4) is 0 Å². The number of hydrogen-bond donors (Lipinski definition) is 1. The molecule has 100 valence electrons. The Morgan fingerprint density at radius 3 is 2.94 bits per heavy atom. The molecule has 2 heterocycles. The second-order valence-electron chi connectivity index (χ2n) is 4.66. The number of aromatic nitrogens is 2. The van der Waals surface area contributed by atoms with Gasteiger partial charge in [0, 0.05) is 24.9 Å². The topological polar surface area (TPSA) is 41.1 Å². The summed E-state index contributed by atoms with van der Waals surface area (Å²) in [7, 11) is 2.06. The number of piperidine rings is 1. The van der Waals surface area contributed by atoms with Gasteiger partial charge in [-0.3, -0.25) is 4.98 Å². The van der Waals surface area contributed by atoms with Gasteiger partial charge in [-0.25, -0.2) is 13.8 Å². The normalized spacial score (nSPS) is 21.2. The summed E-state index contributed by atoms with van der Waals surface area (Å²) in [5, 5.41) is 2.68. The van der Waals surface area contributed by atoms with Crippen molar-refractivity contribution in [1.82, 2.24) is 14.9 Å². The molecule has 18 heavy (non-hydrogen) atoms. The lowest BCUT2D eigenvalue weighted by Crippen LogP contribution is -2.31. The molecule has 0 saturated carbocycles. The Bertz CT molecular complexity index is 386. The molecule has 1 atom stereocenters. The van der Waals surface area contributed by atoms with Crippen LogP contribution in [-0.2, 0) is 0 Å². The summed E-state index contributed by atoms with van der Waals surface area (Å²) in [5.74, 6) is 0.774. The van der Waals surface area contributed by atoms with Gasteiger partial charge in [-0.2, -0.15) is 0 Å². The highest BCUT2D eigenvalue weighted by Gasteiger charge is 2.23. The van der Waals surface area contributed by atoms with E-state index >= 15 is 0 Å². The molecule has 4 nitrogen and oxygen atoms in total. The quantitative estimate of drug-likeness (QED) is 0.894. The summed E-state index contributed by atoms with van der Waals surface area (Å²) in [6.07, 6.45) is 2.91. The Hall–Kier alpha value is -1.30. The van der Waals surface area contributed by atoms with E-state index in [4.69, 9.17) is 0 Å². The minimum atomic E-state index is -2.38. The SMILES string of the molecule is CN1CCC[C@H](c2nccnc2NCC(F)F)C1. The van der Waals surface area contributed by atoms with Gasteiger partial charge in [0.1, 0.15) is 5.82 Å². The Balaban J connectivity index is 2.10. The van der Waals surface area contributed by atoms with Crippen LogP contribution in [0.3, 0.4) is 0 Å². The third-order valence-corrected chi connectivity index (χ3v) is 3.16. The molecule has 0 spiro atoms. The summed E-state index contributed by atoms with van der Waals surface area (Å²) in [5.41, 5.74) is 0.810. The van der Waals surface area contributed by atoms with Gasteiger partial charge in [0.25, 0.3) is 6.43 Å². The van der Waals surface area contributed by atoms with Crippen LogP contribution in [0.1, 0.15) is 24.5 Å². The van der Waals surface area contributed by atoms with E-state index in [1.165, 1.54) is 6.20 Å². The number of hydrogen-bond acceptors (Lipinski definition) is 4. The molecule has 0 bridgehead atoms. The van der Waals surface area contributed by atoms with Gasteiger partial charge in [0.15, 0.2) is 0 Å². The summed E-state index contributed by atoms with van der Waals surface area (Å²) in [6.45, 7) is 1.60. The van der Waals surface area contributed by atoms with Crippen LogP contribution in [-0.4, -0.2) is 48.0 Å². The minimum absolute atomic E-state index is 0.276. The van der Waals surface area contributed by atoms with Crippen molar-refractivity contribution in [3.05, 3.63) is 18.1 Å². The van der Waals surface area contributed by atoms with Gasteiger partial charge < -0.3 is 10.2 Å². The van der Waals surface area contributed by atoms with Crippen LogP contribution in [0.4, 0.5) is 14.6 Å². The average molecular weight is 256 g/mol. The molecule has 1 saturated heterocycles. The van der Waals surface area contributed by atoms with E-state index in [2.05, 4.69) is 27.2 Å². The number of rotatable bonds is 4. The molecule has 1 N–H and O–H groups in total. The van der Waals surface area contributed by atoms with Crippen LogP contribution in [0.5, 0.6) is 0 Å². The van der Waals surface area contributed by atoms with Crippen molar-refractivity contribution in [3.63, 3.8) is 0 Å². The Morgan fingerprint density at radius 2 is 2.22 bits per heavy atom. The summed E-state index contributed by atoms with van der Waals surface area (Å²) >= 11 is 0. The highest BCUT2D eigenvalue weighted by atomic mass is 19.3. The summed E-state index contributed by atoms with van der Waals surface area (Å²) in [6, 6.07) is 0. The molecule has 0 amide bonds. The Labute approximate surface area is 105 Å². The first kappa shape index (κ1) is 13.1. The van der Waals surface area contributed by atoms with E-state index in [0.717, 1.165) is 31.6 Å². The third-order valence-electron chi connectivity index (χ3n) is 3.16. The maximum absolute atomic E-state index is 12.2. The fraction of sp³-hybridized carbons (Fsp3) is 0.667. The van der Waals surface area contributed by atoms with Crippen molar-refractivity contribution in [1.29, 1.82) is 0 Å². The molecule has 6 heteroatoms. The molecule has 0 aliphatic carbocycles. The van der Waals surface area contributed by atoms with Crippen molar-refractivity contribution in [2.75, 3.05) is 32.0 Å². The van der Waals surface area contributed by atoms with Crippen LogP contribution in [0.25, 0.3) is 0 Å². The average Bonchev–Trinajstić information content (AvgIpc) is 2.36. The zero-order valence-electron chi connectivity index (χ0n) is 10.4. The van der Waals surface area contributed by atoms with Crippen molar-refractivity contribution in [2.24, 2.45) is 0 Å². The van der Waals surface area contributed by atoms with Crippen molar-refractivity contribution in [2.45, 2.75) is 25.2 Å². The monoisotopic (exact) mass is 256 g/mol. The second kappa shape index (κ2) is 6.04.